The Balaban J connectivity index is 3.18. The monoisotopic (exact) mass is 352 g/mol. The fourth-order valence-corrected chi connectivity index (χ4v) is 3.93. The maximum Gasteiger partial charge on any atom is 0.244 e. The summed E-state index contributed by atoms with van der Waals surface area (Å²) in [6.07, 6.45) is 0.351. The van der Waals surface area contributed by atoms with Crippen LogP contribution in [0, 0.1) is 23.0 Å². The Morgan fingerprint density at radius 2 is 2.11 bits per heavy atom. The van der Waals surface area contributed by atoms with Crippen LogP contribution in [0.2, 0.25) is 0 Å². The van der Waals surface area contributed by atoms with Gasteiger partial charge in [0, 0.05) is 16.6 Å². The highest BCUT2D eigenvalue weighted by molar-refractivity contribution is 9.10. The summed E-state index contributed by atoms with van der Waals surface area (Å²) in [4.78, 5) is -0.662. The minimum absolute atomic E-state index is 0.0316. The average Bonchev–Trinajstić information content (AvgIpc) is 2.25. The summed E-state index contributed by atoms with van der Waals surface area (Å²) >= 11 is 2.82. The molecule has 0 saturated heterocycles. The van der Waals surface area contributed by atoms with Crippen molar-refractivity contribution in [2.45, 2.75) is 30.7 Å². The highest BCUT2D eigenvalue weighted by Crippen LogP contribution is 2.26. The normalized spacial score (nSPS) is 13.0. The molecule has 0 aromatic heterocycles. The maximum atomic E-state index is 13.6. The van der Waals surface area contributed by atoms with Gasteiger partial charge in [-0.1, -0.05) is 6.92 Å². The zero-order valence-corrected chi connectivity index (χ0v) is 12.4. The summed E-state index contributed by atoms with van der Waals surface area (Å²) in [6.45, 7) is 1.70. The second kappa shape index (κ2) is 6.41. The minimum Gasteiger partial charge on any atom is -0.207 e. The first-order valence-electron chi connectivity index (χ1n) is 5.35. The van der Waals surface area contributed by atoms with E-state index in [-0.39, 0.29) is 10.9 Å². The molecular weight excluding hydrogens is 342 g/mol. The minimum atomic E-state index is -4.16. The van der Waals surface area contributed by atoms with E-state index >= 15 is 0 Å². The largest absolute Gasteiger partial charge is 0.244 e. The number of rotatable bonds is 5. The third-order valence-corrected chi connectivity index (χ3v) is 4.87. The van der Waals surface area contributed by atoms with Crippen LogP contribution in [0.1, 0.15) is 19.8 Å². The Kier molecular flexibility index (Phi) is 5.40. The van der Waals surface area contributed by atoms with Crippen molar-refractivity contribution in [2.75, 3.05) is 0 Å². The van der Waals surface area contributed by atoms with Crippen LogP contribution in [-0.4, -0.2) is 14.5 Å². The average molecular weight is 353 g/mol. The molecule has 0 fully saturated rings. The van der Waals surface area contributed by atoms with Crippen molar-refractivity contribution in [3.05, 3.63) is 28.2 Å². The summed E-state index contributed by atoms with van der Waals surface area (Å²) in [5, 5.41) is 8.56. The summed E-state index contributed by atoms with van der Waals surface area (Å²) in [5.74, 6) is -2.07. The van der Waals surface area contributed by atoms with Crippen LogP contribution in [0.25, 0.3) is 0 Å². The molecule has 19 heavy (non-hydrogen) atoms. The highest BCUT2D eigenvalue weighted by Gasteiger charge is 2.26. The summed E-state index contributed by atoms with van der Waals surface area (Å²) < 4.78 is 52.6. The van der Waals surface area contributed by atoms with Crippen molar-refractivity contribution < 1.29 is 17.2 Å². The molecule has 0 heterocycles. The van der Waals surface area contributed by atoms with E-state index in [2.05, 4.69) is 20.7 Å². The third-order valence-electron chi connectivity index (χ3n) is 2.38. The Bertz CT molecular complexity index is 591. The van der Waals surface area contributed by atoms with E-state index in [1.54, 1.807) is 6.92 Å². The van der Waals surface area contributed by atoms with Crippen LogP contribution in [-0.2, 0) is 10.0 Å². The first kappa shape index (κ1) is 16.0. The van der Waals surface area contributed by atoms with Gasteiger partial charge in [-0.3, -0.25) is 0 Å². The predicted octanol–water partition coefficient (Wildman–Crippen LogP) is 2.70. The smallest absolute Gasteiger partial charge is 0.207 e. The summed E-state index contributed by atoms with van der Waals surface area (Å²) in [6, 6.07) is 2.57. The lowest BCUT2D eigenvalue weighted by Crippen LogP contribution is -2.34. The van der Waals surface area contributed by atoms with Crippen LogP contribution in [0.4, 0.5) is 8.78 Å². The van der Waals surface area contributed by atoms with Crippen molar-refractivity contribution in [2.24, 2.45) is 0 Å². The number of sulfonamides is 1. The Labute approximate surface area is 118 Å². The van der Waals surface area contributed by atoms with Crippen LogP contribution in [0.5, 0.6) is 0 Å². The molecule has 1 unspecified atom stereocenters. The lowest BCUT2D eigenvalue weighted by Gasteiger charge is -2.15. The van der Waals surface area contributed by atoms with Crippen LogP contribution >= 0.6 is 15.9 Å². The van der Waals surface area contributed by atoms with Crippen LogP contribution in [0.3, 0.4) is 0 Å². The second-order valence-electron chi connectivity index (χ2n) is 3.79. The van der Waals surface area contributed by atoms with Crippen LogP contribution < -0.4 is 4.72 Å². The third kappa shape index (κ3) is 3.96. The van der Waals surface area contributed by atoms with E-state index in [0.717, 1.165) is 6.07 Å². The van der Waals surface area contributed by atoms with Gasteiger partial charge in [0.25, 0.3) is 0 Å². The molecule has 0 saturated carbocycles. The SMILES string of the molecule is CCC(CC#N)NS(=O)(=O)c1c(F)cc(F)cc1Br. The number of nitrogens with one attached hydrogen (secondary N) is 1. The number of halogens is 3. The van der Waals surface area contributed by atoms with Gasteiger partial charge in [0.2, 0.25) is 10.0 Å². The first-order chi connectivity index (χ1) is 8.81. The highest BCUT2D eigenvalue weighted by atomic mass is 79.9. The summed E-state index contributed by atoms with van der Waals surface area (Å²) in [7, 11) is -4.16. The van der Waals surface area contributed by atoms with Crippen molar-refractivity contribution in [3.8, 4) is 6.07 Å². The maximum absolute atomic E-state index is 13.6. The van der Waals surface area contributed by atoms with E-state index in [1.165, 1.54) is 0 Å². The Morgan fingerprint density at radius 3 is 2.58 bits per heavy atom. The van der Waals surface area contributed by atoms with Crippen molar-refractivity contribution in [1.82, 2.24) is 4.72 Å². The van der Waals surface area contributed by atoms with Gasteiger partial charge in [-0.05, 0) is 28.4 Å². The lowest BCUT2D eigenvalue weighted by molar-refractivity contribution is 0.523. The molecule has 4 nitrogen and oxygen atoms in total. The molecule has 0 aliphatic heterocycles. The molecule has 0 aliphatic carbocycles. The van der Waals surface area contributed by atoms with E-state index in [4.69, 9.17) is 5.26 Å². The molecule has 0 aliphatic rings. The number of nitrogens with zero attached hydrogens (tertiary/aromatic N) is 1. The predicted molar refractivity (Wildman–Crippen MR) is 68.7 cm³/mol. The topological polar surface area (TPSA) is 70.0 Å². The quantitative estimate of drug-likeness (QED) is 0.885. The van der Waals surface area contributed by atoms with Gasteiger partial charge in [0.05, 0.1) is 12.5 Å². The van der Waals surface area contributed by atoms with Crippen molar-refractivity contribution in [3.63, 3.8) is 0 Å². The molecule has 1 N–H and O–H groups in total. The lowest BCUT2D eigenvalue weighted by atomic mass is 10.2. The molecule has 104 valence electrons. The van der Waals surface area contributed by atoms with E-state index in [0.29, 0.717) is 12.5 Å². The second-order valence-corrected chi connectivity index (χ2v) is 6.29. The summed E-state index contributed by atoms with van der Waals surface area (Å²) in [5.41, 5.74) is 0. The zero-order valence-electron chi connectivity index (χ0n) is 9.95. The Morgan fingerprint density at radius 1 is 1.47 bits per heavy atom. The van der Waals surface area contributed by atoms with Gasteiger partial charge in [-0.15, -0.1) is 0 Å². The number of benzene rings is 1. The number of hydrogen-bond donors (Lipinski definition) is 1. The number of nitriles is 1. The fraction of sp³-hybridized carbons (Fsp3) is 0.364. The Hall–Kier alpha value is -1.04. The van der Waals surface area contributed by atoms with E-state index in [1.807, 2.05) is 6.07 Å². The molecule has 1 aromatic carbocycles. The van der Waals surface area contributed by atoms with Gasteiger partial charge >= 0.3 is 0 Å². The van der Waals surface area contributed by atoms with Crippen molar-refractivity contribution in [1.29, 1.82) is 5.26 Å². The molecule has 0 radical (unpaired) electrons. The molecule has 8 heteroatoms. The van der Waals surface area contributed by atoms with Gasteiger partial charge in [-0.2, -0.15) is 5.26 Å². The van der Waals surface area contributed by atoms with Gasteiger partial charge in [0.15, 0.2) is 0 Å². The molecular formula is C11H11BrF2N2O2S. The molecule has 0 spiro atoms. The molecule has 1 rings (SSSR count). The molecule has 1 aromatic rings. The van der Waals surface area contributed by atoms with Gasteiger partial charge < -0.3 is 0 Å². The zero-order chi connectivity index (χ0) is 14.6. The fourth-order valence-electron chi connectivity index (χ4n) is 1.44. The molecule has 1 atom stereocenters. The van der Waals surface area contributed by atoms with E-state index in [9.17, 15) is 17.2 Å². The molecule has 0 amide bonds. The van der Waals surface area contributed by atoms with Crippen LogP contribution in [0.15, 0.2) is 21.5 Å². The van der Waals surface area contributed by atoms with Gasteiger partial charge in [0.1, 0.15) is 16.5 Å². The van der Waals surface area contributed by atoms with Gasteiger partial charge in [-0.25, -0.2) is 21.9 Å². The number of hydrogen-bond acceptors (Lipinski definition) is 3. The first-order valence-corrected chi connectivity index (χ1v) is 7.63. The standard InChI is InChI=1S/C11H11BrF2N2O2S/c1-2-8(3-4-15)16-19(17,18)11-9(12)5-7(13)6-10(11)14/h5-6,8,16H,2-3H2,1H3. The molecule has 0 bridgehead atoms. The van der Waals surface area contributed by atoms with E-state index < -0.39 is 32.6 Å². The van der Waals surface area contributed by atoms with Crippen molar-refractivity contribution >= 4 is 26.0 Å².